The smallest absolute Gasteiger partial charge is 0.119 e. The van der Waals surface area contributed by atoms with Gasteiger partial charge in [0.25, 0.3) is 0 Å². The molecule has 1 rings (SSSR count). The van der Waals surface area contributed by atoms with E-state index in [-0.39, 0.29) is 6.61 Å². The molecule has 1 aromatic rings. The summed E-state index contributed by atoms with van der Waals surface area (Å²) in [5.74, 6) is 0.847. The zero-order chi connectivity index (χ0) is 10.2. The monoisotopic (exact) mass is 195 g/mol. The van der Waals surface area contributed by atoms with Crippen LogP contribution in [0.15, 0.2) is 24.3 Å². The van der Waals surface area contributed by atoms with E-state index in [4.69, 9.17) is 15.6 Å². The van der Waals surface area contributed by atoms with Gasteiger partial charge in [-0.2, -0.15) is 0 Å². The predicted octanol–water partition coefficient (Wildman–Crippen LogP) is 0.949. The first-order chi connectivity index (χ1) is 6.86. The van der Waals surface area contributed by atoms with E-state index in [1.165, 1.54) is 5.56 Å². The molecule has 0 unspecified atom stereocenters. The van der Waals surface area contributed by atoms with Gasteiger partial charge in [-0.05, 0) is 30.7 Å². The van der Waals surface area contributed by atoms with Crippen LogP contribution in [0.4, 0.5) is 0 Å². The Balaban J connectivity index is 2.38. The van der Waals surface area contributed by atoms with Gasteiger partial charge in [0.1, 0.15) is 5.75 Å². The third-order valence-corrected chi connectivity index (χ3v) is 1.93. The highest BCUT2D eigenvalue weighted by atomic mass is 16.5. The standard InChI is InChI=1S/C11H17NO2/c12-7-6-10-2-4-11(5-3-10)14-9-1-8-13/h2-5,13H,1,6-9,12H2. The Morgan fingerprint density at radius 1 is 1.21 bits per heavy atom. The van der Waals surface area contributed by atoms with E-state index in [0.717, 1.165) is 12.2 Å². The van der Waals surface area contributed by atoms with Crippen molar-refractivity contribution in [3.05, 3.63) is 29.8 Å². The van der Waals surface area contributed by atoms with Crippen LogP contribution >= 0.6 is 0 Å². The maximum Gasteiger partial charge on any atom is 0.119 e. The summed E-state index contributed by atoms with van der Waals surface area (Å²) >= 11 is 0. The van der Waals surface area contributed by atoms with Crippen LogP contribution in [0, 0.1) is 0 Å². The molecule has 0 aliphatic carbocycles. The number of aliphatic hydroxyl groups is 1. The van der Waals surface area contributed by atoms with Gasteiger partial charge < -0.3 is 15.6 Å². The molecule has 0 bridgehead atoms. The van der Waals surface area contributed by atoms with E-state index < -0.39 is 0 Å². The first kappa shape index (κ1) is 11.0. The van der Waals surface area contributed by atoms with Crippen LogP contribution < -0.4 is 10.5 Å². The van der Waals surface area contributed by atoms with Crippen LogP contribution in [0.5, 0.6) is 5.75 Å². The van der Waals surface area contributed by atoms with E-state index >= 15 is 0 Å². The fraction of sp³-hybridized carbons (Fsp3) is 0.455. The van der Waals surface area contributed by atoms with Gasteiger partial charge in [-0.15, -0.1) is 0 Å². The molecule has 3 N–H and O–H groups in total. The number of ether oxygens (including phenoxy) is 1. The van der Waals surface area contributed by atoms with Gasteiger partial charge in [0, 0.05) is 13.0 Å². The van der Waals surface area contributed by atoms with E-state index in [1.807, 2.05) is 24.3 Å². The van der Waals surface area contributed by atoms with Gasteiger partial charge in [0.15, 0.2) is 0 Å². The van der Waals surface area contributed by atoms with Gasteiger partial charge in [0.2, 0.25) is 0 Å². The average molecular weight is 195 g/mol. The summed E-state index contributed by atoms with van der Waals surface area (Å²) in [4.78, 5) is 0. The molecule has 0 spiro atoms. The normalized spacial score (nSPS) is 10.1. The number of rotatable bonds is 6. The van der Waals surface area contributed by atoms with Gasteiger partial charge in [-0.1, -0.05) is 12.1 Å². The molecule has 3 nitrogen and oxygen atoms in total. The fourth-order valence-corrected chi connectivity index (χ4v) is 1.17. The van der Waals surface area contributed by atoms with Gasteiger partial charge in [-0.3, -0.25) is 0 Å². The Bertz CT molecular complexity index is 246. The lowest BCUT2D eigenvalue weighted by atomic mass is 10.1. The topological polar surface area (TPSA) is 55.5 Å². The predicted molar refractivity (Wildman–Crippen MR) is 56.4 cm³/mol. The van der Waals surface area contributed by atoms with Crippen molar-refractivity contribution in [1.29, 1.82) is 0 Å². The molecule has 0 atom stereocenters. The number of hydrogen-bond donors (Lipinski definition) is 2. The van der Waals surface area contributed by atoms with Crippen molar-refractivity contribution >= 4 is 0 Å². The van der Waals surface area contributed by atoms with Crippen molar-refractivity contribution in [3.8, 4) is 5.75 Å². The van der Waals surface area contributed by atoms with Crippen LogP contribution in [0.2, 0.25) is 0 Å². The number of nitrogens with two attached hydrogens (primary N) is 1. The Labute approximate surface area is 84.5 Å². The molecule has 14 heavy (non-hydrogen) atoms. The molecule has 0 aromatic heterocycles. The van der Waals surface area contributed by atoms with Crippen molar-refractivity contribution in [2.24, 2.45) is 5.73 Å². The molecule has 0 amide bonds. The summed E-state index contributed by atoms with van der Waals surface area (Å²) in [6.45, 7) is 1.41. The van der Waals surface area contributed by atoms with Crippen molar-refractivity contribution in [2.75, 3.05) is 19.8 Å². The van der Waals surface area contributed by atoms with Crippen LogP contribution in [-0.2, 0) is 6.42 Å². The summed E-state index contributed by atoms with van der Waals surface area (Å²) < 4.78 is 5.39. The average Bonchev–Trinajstić information content (AvgIpc) is 2.21. The molecule has 0 radical (unpaired) electrons. The van der Waals surface area contributed by atoms with E-state index in [9.17, 15) is 0 Å². The van der Waals surface area contributed by atoms with Crippen LogP contribution in [0.25, 0.3) is 0 Å². The van der Waals surface area contributed by atoms with E-state index in [0.29, 0.717) is 19.6 Å². The highest BCUT2D eigenvalue weighted by Crippen LogP contribution is 2.12. The lowest BCUT2D eigenvalue weighted by Gasteiger charge is -2.05. The molecule has 0 saturated heterocycles. The van der Waals surface area contributed by atoms with Crippen molar-refractivity contribution < 1.29 is 9.84 Å². The lowest BCUT2D eigenvalue weighted by Crippen LogP contribution is -2.03. The second-order valence-electron chi connectivity index (χ2n) is 3.11. The second kappa shape index (κ2) is 6.40. The molecule has 0 aliphatic heterocycles. The molecular formula is C11H17NO2. The third kappa shape index (κ3) is 3.77. The Kier molecular flexibility index (Phi) is 5.04. The van der Waals surface area contributed by atoms with Gasteiger partial charge in [-0.25, -0.2) is 0 Å². The quantitative estimate of drug-likeness (QED) is 0.664. The molecule has 0 heterocycles. The first-order valence-corrected chi connectivity index (χ1v) is 4.89. The third-order valence-electron chi connectivity index (χ3n) is 1.93. The summed E-state index contributed by atoms with van der Waals surface area (Å²) in [5, 5.41) is 8.56. The minimum absolute atomic E-state index is 0.172. The zero-order valence-electron chi connectivity index (χ0n) is 8.28. The summed E-state index contributed by atoms with van der Waals surface area (Å²) in [7, 11) is 0. The van der Waals surface area contributed by atoms with E-state index in [1.54, 1.807) is 0 Å². The highest BCUT2D eigenvalue weighted by molar-refractivity contribution is 5.27. The van der Waals surface area contributed by atoms with Crippen molar-refractivity contribution in [2.45, 2.75) is 12.8 Å². The van der Waals surface area contributed by atoms with Gasteiger partial charge >= 0.3 is 0 Å². The van der Waals surface area contributed by atoms with Crippen LogP contribution in [-0.4, -0.2) is 24.9 Å². The van der Waals surface area contributed by atoms with E-state index in [2.05, 4.69) is 0 Å². The lowest BCUT2D eigenvalue weighted by molar-refractivity contribution is 0.233. The molecule has 0 aliphatic rings. The Morgan fingerprint density at radius 3 is 2.50 bits per heavy atom. The van der Waals surface area contributed by atoms with Crippen LogP contribution in [0.1, 0.15) is 12.0 Å². The minimum atomic E-state index is 0.172. The second-order valence-corrected chi connectivity index (χ2v) is 3.11. The van der Waals surface area contributed by atoms with Crippen molar-refractivity contribution in [3.63, 3.8) is 0 Å². The Hall–Kier alpha value is -1.06. The molecule has 1 aromatic carbocycles. The largest absolute Gasteiger partial charge is 0.494 e. The number of aliphatic hydroxyl groups excluding tert-OH is 1. The molecule has 0 saturated carbocycles. The van der Waals surface area contributed by atoms with Gasteiger partial charge in [0.05, 0.1) is 6.61 Å². The molecular weight excluding hydrogens is 178 g/mol. The fourth-order valence-electron chi connectivity index (χ4n) is 1.17. The summed E-state index contributed by atoms with van der Waals surface area (Å²) in [5.41, 5.74) is 6.66. The number of hydrogen-bond acceptors (Lipinski definition) is 3. The zero-order valence-corrected chi connectivity index (χ0v) is 8.28. The summed E-state index contributed by atoms with van der Waals surface area (Å²) in [6, 6.07) is 7.90. The minimum Gasteiger partial charge on any atom is -0.494 e. The number of benzene rings is 1. The maximum atomic E-state index is 8.56. The SMILES string of the molecule is NCCc1ccc(OCCCO)cc1. The molecule has 78 valence electrons. The highest BCUT2D eigenvalue weighted by Gasteiger charge is 1.94. The maximum absolute atomic E-state index is 8.56. The van der Waals surface area contributed by atoms with Crippen LogP contribution in [0.3, 0.4) is 0 Å². The summed E-state index contributed by atoms with van der Waals surface area (Å²) in [6.07, 6.45) is 1.57. The van der Waals surface area contributed by atoms with Crippen molar-refractivity contribution in [1.82, 2.24) is 0 Å². The molecule has 3 heteroatoms. The molecule has 0 fully saturated rings. The Morgan fingerprint density at radius 2 is 1.93 bits per heavy atom. The first-order valence-electron chi connectivity index (χ1n) is 4.89.